The van der Waals surface area contributed by atoms with Gasteiger partial charge in [0.15, 0.2) is 0 Å². The van der Waals surface area contributed by atoms with Crippen molar-refractivity contribution in [1.82, 2.24) is 9.62 Å². The average molecular weight is 370 g/mol. The summed E-state index contributed by atoms with van der Waals surface area (Å²) in [6.07, 6.45) is 1.88. The molecule has 1 aliphatic rings. The molecule has 8 nitrogen and oxygen atoms in total. The van der Waals surface area contributed by atoms with E-state index < -0.39 is 21.9 Å². The van der Waals surface area contributed by atoms with Gasteiger partial charge in [0.05, 0.1) is 7.11 Å². The normalized spacial score (nSPS) is 15.1. The van der Waals surface area contributed by atoms with Crippen molar-refractivity contribution in [1.29, 1.82) is 0 Å². The lowest BCUT2D eigenvalue weighted by atomic mass is 10.2. The summed E-state index contributed by atoms with van der Waals surface area (Å²) in [6.45, 7) is 1.11. The first-order chi connectivity index (χ1) is 11.9. The second-order valence-electron chi connectivity index (χ2n) is 5.73. The van der Waals surface area contributed by atoms with E-state index >= 15 is 0 Å². The van der Waals surface area contributed by atoms with E-state index in [1.807, 2.05) is 0 Å². The summed E-state index contributed by atoms with van der Waals surface area (Å²) in [4.78, 5) is 22.6. The summed E-state index contributed by atoms with van der Waals surface area (Å²) < 4.78 is 32.1. The molecule has 2 rings (SSSR count). The topological polar surface area (TPSA) is 113 Å². The van der Waals surface area contributed by atoms with Gasteiger partial charge >= 0.3 is 5.97 Å². The lowest BCUT2D eigenvalue weighted by molar-refractivity contribution is -0.137. The average Bonchev–Trinajstić information content (AvgIpc) is 3.13. The maximum Gasteiger partial charge on any atom is 0.303 e. The van der Waals surface area contributed by atoms with Gasteiger partial charge in [0, 0.05) is 31.6 Å². The van der Waals surface area contributed by atoms with E-state index in [0.29, 0.717) is 19.5 Å². The van der Waals surface area contributed by atoms with Crippen LogP contribution >= 0.6 is 0 Å². The number of nitrogens with zero attached hydrogens (tertiary/aromatic N) is 1. The van der Waals surface area contributed by atoms with Crippen LogP contribution < -0.4 is 10.1 Å². The molecule has 1 heterocycles. The molecule has 0 saturated carbocycles. The third kappa shape index (κ3) is 4.70. The summed E-state index contributed by atoms with van der Waals surface area (Å²) in [6, 6.07) is 4.24. The maximum absolute atomic E-state index is 12.8. The standard InChI is InChI=1S/C16H22N2O6S/c1-24-13-7-6-12(16(21)17-8-4-5-15(19)20)11-14(13)25(22,23)18-9-2-3-10-18/h6-7,11H,2-5,8-10H2,1H3,(H,17,21)(H,19,20). The second kappa shape index (κ2) is 8.30. The second-order valence-corrected chi connectivity index (χ2v) is 7.64. The minimum absolute atomic E-state index is 0.0323. The van der Waals surface area contributed by atoms with E-state index in [2.05, 4.69) is 5.32 Å². The Morgan fingerprint density at radius 3 is 2.56 bits per heavy atom. The Labute approximate surface area is 146 Å². The number of sulfonamides is 1. The lowest BCUT2D eigenvalue weighted by Crippen LogP contribution is -2.29. The van der Waals surface area contributed by atoms with Crippen LogP contribution in [0.25, 0.3) is 0 Å². The zero-order valence-corrected chi connectivity index (χ0v) is 14.8. The Bertz CT molecular complexity index is 741. The SMILES string of the molecule is COc1ccc(C(=O)NCCCC(=O)O)cc1S(=O)(=O)N1CCCC1. The highest BCUT2D eigenvalue weighted by Gasteiger charge is 2.30. The van der Waals surface area contributed by atoms with E-state index in [0.717, 1.165) is 12.8 Å². The first-order valence-corrected chi connectivity index (χ1v) is 9.48. The molecule has 1 aromatic rings. The van der Waals surface area contributed by atoms with E-state index in [1.54, 1.807) is 0 Å². The molecule has 1 saturated heterocycles. The van der Waals surface area contributed by atoms with E-state index in [-0.39, 0.29) is 29.2 Å². The Balaban J connectivity index is 2.18. The number of nitrogens with one attached hydrogen (secondary N) is 1. The summed E-state index contributed by atoms with van der Waals surface area (Å²) in [5, 5.41) is 11.2. The molecule has 1 amide bonds. The van der Waals surface area contributed by atoms with Gasteiger partial charge in [-0.25, -0.2) is 8.42 Å². The van der Waals surface area contributed by atoms with Crippen LogP contribution in [0, 0.1) is 0 Å². The molecule has 138 valence electrons. The van der Waals surface area contributed by atoms with Gasteiger partial charge in [-0.05, 0) is 37.5 Å². The van der Waals surface area contributed by atoms with Crippen molar-refractivity contribution in [3.8, 4) is 5.75 Å². The fourth-order valence-electron chi connectivity index (χ4n) is 2.63. The predicted molar refractivity (Wildman–Crippen MR) is 90.2 cm³/mol. The Kier molecular flexibility index (Phi) is 6.38. The molecule has 1 aromatic carbocycles. The zero-order valence-electron chi connectivity index (χ0n) is 14.0. The van der Waals surface area contributed by atoms with Gasteiger partial charge < -0.3 is 15.2 Å². The Morgan fingerprint density at radius 2 is 1.96 bits per heavy atom. The van der Waals surface area contributed by atoms with Crippen LogP contribution in [0.4, 0.5) is 0 Å². The van der Waals surface area contributed by atoms with E-state index in [1.165, 1.54) is 29.6 Å². The molecule has 25 heavy (non-hydrogen) atoms. The third-order valence-electron chi connectivity index (χ3n) is 3.96. The van der Waals surface area contributed by atoms with Crippen LogP contribution in [0.15, 0.2) is 23.1 Å². The zero-order chi connectivity index (χ0) is 18.4. The maximum atomic E-state index is 12.8. The van der Waals surface area contributed by atoms with Crippen LogP contribution in [-0.4, -0.2) is 56.5 Å². The minimum Gasteiger partial charge on any atom is -0.495 e. The summed E-state index contributed by atoms with van der Waals surface area (Å²) in [5.74, 6) is -1.20. The molecule has 1 fully saturated rings. The summed E-state index contributed by atoms with van der Waals surface area (Å²) in [5.41, 5.74) is 0.189. The highest BCUT2D eigenvalue weighted by Crippen LogP contribution is 2.29. The van der Waals surface area contributed by atoms with Crippen LogP contribution in [0.5, 0.6) is 5.75 Å². The number of hydrogen-bond acceptors (Lipinski definition) is 5. The molecule has 2 N–H and O–H groups in total. The van der Waals surface area contributed by atoms with Crippen molar-refractivity contribution >= 4 is 21.9 Å². The van der Waals surface area contributed by atoms with Gasteiger partial charge in [0.1, 0.15) is 10.6 Å². The molecule has 1 aliphatic heterocycles. The number of rotatable bonds is 8. The molecule has 0 radical (unpaired) electrons. The van der Waals surface area contributed by atoms with E-state index in [4.69, 9.17) is 9.84 Å². The highest BCUT2D eigenvalue weighted by molar-refractivity contribution is 7.89. The van der Waals surface area contributed by atoms with Crippen LogP contribution in [0.3, 0.4) is 0 Å². The molecule has 0 atom stereocenters. The van der Waals surface area contributed by atoms with Crippen molar-refractivity contribution < 1.29 is 27.9 Å². The van der Waals surface area contributed by atoms with Crippen molar-refractivity contribution in [3.63, 3.8) is 0 Å². The molecule has 0 spiro atoms. The number of amides is 1. The molecule has 0 bridgehead atoms. The van der Waals surface area contributed by atoms with E-state index in [9.17, 15) is 18.0 Å². The summed E-state index contributed by atoms with van der Waals surface area (Å²) >= 11 is 0. The van der Waals surface area contributed by atoms with Gasteiger partial charge in [-0.2, -0.15) is 4.31 Å². The quantitative estimate of drug-likeness (QED) is 0.662. The number of methoxy groups -OCH3 is 1. The number of benzene rings is 1. The first-order valence-electron chi connectivity index (χ1n) is 8.04. The number of carboxylic acids is 1. The number of carboxylic acid groups (broad SMARTS) is 1. The predicted octanol–water partition coefficient (Wildman–Crippen LogP) is 1.07. The van der Waals surface area contributed by atoms with Gasteiger partial charge in [-0.1, -0.05) is 0 Å². The lowest BCUT2D eigenvalue weighted by Gasteiger charge is -2.18. The van der Waals surface area contributed by atoms with Gasteiger partial charge in [0.2, 0.25) is 10.0 Å². The van der Waals surface area contributed by atoms with Crippen molar-refractivity contribution in [2.24, 2.45) is 0 Å². The molecule has 0 aromatic heterocycles. The largest absolute Gasteiger partial charge is 0.495 e. The van der Waals surface area contributed by atoms with Crippen molar-refractivity contribution in [3.05, 3.63) is 23.8 Å². The highest BCUT2D eigenvalue weighted by atomic mass is 32.2. The van der Waals surface area contributed by atoms with Gasteiger partial charge in [-0.3, -0.25) is 9.59 Å². The number of carbonyl (C=O) groups is 2. The number of hydrogen-bond donors (Lipinski definition) is 2. The Hall–Kier alpha value is -2.13. The first kappa shape index (κ1) is 19.2. The third-order valence-corrected chi connectivity index (χ3v) is 5.88. The van der Waals surface area contributed by atoms with Crippen molar-refractivity contribution in [2.75, 3.05) is 26.7 Å². The fraction of sp³-hybridized carbons (Fsp3) is 0.500. The minimum atomic E-state index is -3.72. The molecule has 9 heteroatoms. The van der Waals surface area contributed by atoms with Crippen molar-refractivity contribution in [2.45, 2.75) is 30.6 Å². The fourth-order valence-corrected chi connectivity index (χ4v) is 4.33. The molecule has 0 aliphatic carbocycles. The van der Waals surface area contributed by atoms with Gasteiger partial charge in [0.25, 0.3) is 5.91 Å². The van der Waals surface area contributed by atoms with Crippen LogP contribution in [0.1, 0.15) is 36.0 Å². The van der Waals surface area contributed by atoms with Crippen LogP contribution in [0.2, 0.25) is 0 Å². The monoisotopic (exact) mass is 370 g/mol. The van der Waals surface area contributed by atoms with Crippen LogP contribution in [-0.2, 0) is 14.8 Å². The van der Waals surface area contributed by atoms with Gasteiger partial charge in [-0.15, -0.1) is 0 Å². The number of carbonyl (C=O) groups excluding carboxylic acids is 1. The molecular formula is C16H22N2O6S. The molecule has 0 unspecified atom stereocenters. The molecular weight excluding hydrogens is 348 g/mol. The number of aliphatic carboxylic acids is 1. The smallest absolute Gasteiger partial charge is 0.303 e. The Morgan fingerprint density at radius 1 is 1.28 bits per heavy atom. The number of ether oxygens (including phenoxy) is 1. The summed E-state index contributed by atoms with van der Waals surface area (Å²) in [7, 11) is -2.34.